The Hall–Kier alpha value is -2.11. The molecule has 0 fully saturated rings. The van der Waals surface area contributed by atoms with Crippen LogP contribution in [0.15, 0.2) is 49.2 Å². The van der Waals surface area contributed by atoms with Gasteiger partial charge in [-0.05, 0) is 43.4 Å². The molecule has 2 rings (SSSR count). The first-order chi connectivity index (χ1) is 11.7. The van der Waals surface area contributed by atoms with Crippen LogP contribution in [0.2, 0.25) is 0 Å². The minimum absolute atomic E-state index is 0.708. The van der Waals surface area contributed by atoms with Gasteiger partial charge in [-0.1, -0.05) is 43.9 Å². The van der Waals surface area contributed by atoms with E-state index < -0.39 is 0 Å². The molecule has 0 aliphatic rings. The summed E-state index contributed by atoms with van der Waals surface area (Å²) in [5.74, 6) is 0.890. The Bertz CT molecular complexity index is 645. The molecule has 0 saturated heterocycles. The molecule has 2 aromatic rings. The third kappa shape index (κ3) is 5.83. The van der Waals surface area contributed by atoms with Gasteiger partial charge in [0.25, 0.3) is 0 Å². The number of likely N-dealkylation sites (N-methyl/N-ethyl adjacent to an activating group) is 1. The van der Waals surface area contributed by atoms with Crippen molar-refractivity contribution in [1.82, 2.24) is 9.88 Å². The molecule has 0 radical (unpaired) electrons. The van der Waals surface area contributed by atoms with E-state index in [1.54, 1.807) is 17.4 Å². The standard InChI is InChI=1S/C19H25N3OS/c1-4-7-8-18-15-20-19(24-18)21-16-9-11-17(12-10-16)23-14-13-22(5-2)6-3/h4,7-12,15H,1,5-6,13-14H2,2-3H3,(H,20,21)/b8-7+. The van der Waals surface area contributed by atoms with E-state index in [9.17, 15) is 0 Å². The number of thiazole rings is 1. The van der Waals surface area contributed by atoms with E-state index in [2.05, 4.69) is 35.6 Å². The minimum Gasteiger partial charge on any atom is -0.492 e. The van der Waals surface area contributed by atoms with Crippen LogP contribution in [0.25, 0.3) is 6.08 Å². The second kappa shape index (κ2) is 9.90. The van der Waals surface area contributed by atoms with Crippen molar-refractivity contribution in [2.24, 2.45) is 0 Å². The second-order valence-electron chi connectivity index (χ2n) is 5.19. The number of rotatable bonds is 10. The van der Waals surface area contributed by atoms with Gasteiger partial charge in [0.1, 0.15) is 12.4 Å². The summed E-state index contributed by atoms with van der Waals surface area (Å²) in [6.45, 7) is 11.8. The van der Waals surface area contributed by atoms with Crippen molar-refractivity contribution in [3.05, 3.63) is 54.1 Å². The summed E-state index contributed by atoms with van der Waals surface area (Å²) in [7, 11) is 0. The third-order valence-electron chi connectivity index (χ3n) is 3.60. The number of nitrogens with one attached hydrogen (secondary N) is 1. The molecular weight excluding hydrogens is 318 g/mol. The molecule has 0 aliphatic carbocycles. The summed E-state index contributed by atoms with van der Waals surface area (Å²) >= 11 is 1.60. The number of aromatic nitrogens is 1. The van der Waals surface area contributed by atoms with Crippen molar-refractivity contribution < 1.29 is 4.74 Å². The summed E-state index contributed by atoms with van der Waals surface area (Å²) in [5.41, 5.74) is 1.000. The highest BCUT2D eigenvalue weighted by atomic mass is 32.1. The Balaban J connectivity index is 1.84. The maximum atomic E-state index is 5.79. The van der Waals surface area contributed by atoms with Crippen LogP contribution in [0.3, 0.4) is 0 Å². The van der Waals surface area contributed by atoms with Crippen LogP contribution in [-0.4, -0.2) is 36.1 Å². The predicted molar refractivity (Wildman–Crippen MR) is 104 cm³/mol. The van der Waals surface area contributed by atoms with Crippen LogP contribution < -0.4 is 10.1 Å². The van der Waals surface area contributed by atoms with Crippen molar-refractivity contribution in [3.63, 3.8) is 0 Å². The number of anilines is 2. The quantitative estimate of drug-likeness (QED) is 0.628. The molecule has 0 atom stereocenters. The topological polar surface area (TPSA) is 37.4 Å². The van der Waals surface area contributed by atoms with Crippen LogP contribution in [-0.2, 0) is 0 Å². The lowest BCUT2D eigenvalue weighted by atomic mass is 10.3. The van der Waals surface area contributed by atoms with E-state index in [0.717, 1.165) is 41.1 Å². The molecule has 1 N–H and O–H groups in total. The monoisotopic (exact) mass is 343 g/mol. The van der Waals surface area contributed by atoms with Crippen molar-refractivity contribution in [2.75, 3.05) is 31.6 Å². The molecular formula is C19H25N3OS. The summed E-state index contributed by atoms with van der Waals surface area (Å²) in [4.78, 5) is 7.80. The molecule has 0 spiro atoms. The molecule has 1 aromatic heterocycles. The van der Waals surface area contributed by atoms with E-state index in [0.29, 0.717) is 6.61 Å². The maximum absolute atomic E-state index is 5.79. The van der Waals surface area contributed by atoms with Crippen LogP contribution in [0, 0.1) is 0 Å². The lowest BCUT2D eigenvalue weighted by Gasteiger charge is -2.18. The highest BCUT2D eigenvalue weighted by molar-refractivity contribution is 7.16. The largest absolute Gasteiger partial charge is 0.492 e. The molecule has 24 heavy (non-hydrogen) atoms. The van der Waals surface area contributed by atoms with E-state index in [1.165, 1.54) is 0 Å². The van der Waals surface area contributed by atoms with Crippen molar-refractivity contribution in [2.45, 2.75) is 13.8 Å². The highest BCUT2D eigenvalue weighted by Crippen LogP contribution is 2.24. The van der Waals surface area contributed by atoms with Gasteiger partial charge in [-0.25, -0.2) is 4.98 Å². The minimum atomic E-state index is 0.708. The average molecular weight is 343 g/mol. The summed E-state index contributed by atoms with van der Waals surface area (Å²) < 4.78 is 5.79. The second-order valence-corrected chi connectivity index (χ2v) is 6.25. The van der Waals surface area contributed by atoms with Gasteiger partial charge in [0.15, 0.2) is 5.13 Å². The van der Waals surface area contributed by atoms with Gasteiger partial charge in [0.05, 0.1) is 0 Å². The number of hydrogen-bond donors (Lipinski definition) is 1. The van der Waals surface area contributed by atoms with Gasteiger partial charge in [0.2, 0.25) is 0 Å². The van der Waals surface area contributed by atoms with Crippen molar-refractivity contribution in [1.29, 1.82) is 0 Å². The molecule has 0 aliphatic heterocycles. The molecule has 1 heterocycles. The first kappa shape index (κ1) is 18.2. The Morgan fingerprint density at radius 1 is 1.25 bits per heavy atom. The van der Waals surface area contributed by atoms with E-state index in [4.69, 9.17) is 4.74 Å². The van der Waals surface area contributed by atoms with Crippen LogP contribution in [0.1, 0.15) is 18.7 Å². The number of nitrogens with zero attached hydrogens (tertiary/aromatic N) is 2. The molecule has 0 unspecified atom stereocenters. The summed E-state index contributed by atoms with van der Waals surface area (Å²) in [5, 5.41) is 4.17. The summed E-state index contributed by atoms with van der Waals surface area (Å²) in [6, 6.07) is 7.98. The highest BCUT2D eigenvalue weighted by Gasteiger charge is 2.02. The normalized spacial score (nSPS) is 11.1. The summed E-state index contributed by atoms with van der Waals surface area (Å²) in [6.07, 6.45) is 7.49. The molecule has 1 aromatic carbocycles. The molecule has 0 saturated carbocycles. The zero-order valence-corrected chi connectivity index (χ0v) is 15.2. The average Bonchev–Trinajstić information content (AvgIpc) is 3.06. The molecule has 5 heteroatoms. The molecule has 4 nitrogen and oxygen atoms in total. The van der Waals surface area contributed by atoms with Gasteiger partial charge in [0, 0.05) is 23.3 Å². The van der Waals surface area contributed by atoms with Gasteiger partial charge < -0.3 is 15.0 Å². The fraction of sp³-hybridized carbons (Fsp3) is 0.316. The number of allylic oxidation sites excluding steroid dienone is 2. The fourth-order valence-corrected chi connectivity index (χ4v) is 2.92. The van der Waals surface area contributed by atoms with Crippen LogP contribution in [0.4, 0.5) is 10.8 Å². The third-order valence-corrected chi connectivity index (χ3v) is 4.47. The first-order valence-electron chi connectivity index (χ1n) is 8.22. The number of ether oxygens (including phenoxy) is 1. The molecule has 0 amide bonds. The van der Waals surface area contributed by atoms with Gasteiger partial charge in [-0.15, -0.1) is 0 Å². The zero-order valence-electron chi connectivity index (χ0n) is 14.4. The van der Waals surface area contributed by atoms with Crippen LogP contribution >= 0.6 is 11.3 Å². The Kier molecular flexibility index (Phi) is 7.52. The van der Waals surface area contributed by atoms with Crippen molar-refractivity contribution >= 4 is 28.2 Å². The lowest BCUT2D eigenvalue weighted by Crippen LogP contribution is -2.27. The number of benzene rings is 1. The maximum Gasteiger partial charge on any atom is 0.187 e. The van der Waals surface area contributed by atoms with E-state index in [1.807, 2.05) is 42.6 Å². The van der Waals surface area contributed by atoms with E-state index in [-0.39, 0.29) is 0 Å². The van der Waals surface area contributed by atoms with Gasteiger partial charge in [-0.3, -0.25) is 0 Å². The Labute approximate surface area is 148 Å². The predicted octanol–water partition coefficient (Wildman–Crippen LogP) is 4.81. The van der Waals surface area contributed by atoms with Gasteiger partial charge in [-0.2, -0.15) is 0 Å². The molecule has 128 valence electrons. The number of hydrogen-bond acceptors (Lipinski definition) is 5. The smallest absolute Gasteiger partial charge is 0.187 e. The molecule has 0 bridgehead atoms. The first-order valence-corrected chi connectivity index (χ1v) is 9.04. The Morgan fingerprint density at radius 2 is 2.00 bits per heavy atom. The van der Waals surface area contributed by atoms with E-state index >= 15 is 0 Å². The van der Waals surface area contributed by atoms with Crippen LogP contribution in [0.5, 0.6) is 5.75 Å². The van der Waals surface area contributed by atoms with Gasteiger partial charge >= 0.3 is 0 Å². The fourth-order valence-electron chi connectivity index (χ4n) is 2.17. The van der Waals surface area contributed by atoms with Crippen molar-refractivity contribution in [3.8, 4) is 5.75 Å². The lowest BCUT2D eigenvalue weighted by molar-refractivity contribution is 0.223. The SMILES string of the molecule is C=C/C=C/c1cnc(Nc2ccc(OCCN(CC)CC)cc2)s1. The zero-order chi connectivity index (χ0) is 17.2. The Morgan fingerprint density at radius 3 is 2.67 bits per heavy atom.